The van der Waals surface area contributed by atoms with Crippen LogP contribution in [0.15, 0.2) is 82.0 Å². The molecular formula is C27H25NO3. The first-order chi connectivity index (χ1) is 15.3. The SMILES string of the molecule is COc1c(-c2ccccc2)cc2c(=O)cc(N3CCCCC3)oc2c1-c1ccccc1. The molecule has 0 spiro atoms. The number of piperidine rings is 1. The third kappa shape index (κ3) is 3.59. The van der Waals surface area contributed by atoms with E-state index in [-0.39, 0.29) is 5.43 Å². The van der Waals surface area contributed by atoms with Gasteiger partial charge in [0, 0.05) is 24.7 Å². The van der Waals surface area contributed by atoms with Crippen molar-refractivity contribution < 1.29 is 9.15 Å². The summed E-state index contributed by atoms with van der Waals surface area (Å²) in [5.41, 5.74) is 4.21. The first kappa shape index (κ1) is 19.4. The van der Waals surface area contributed by atoms with Crippen LogP contribution in [0.3, 0.4) is 0 Å². The smallest absolute Gasteiger partial charge is 0.200 e. The Morgan fingerprint density at radius 1 is 0.839 bits per heavy atom. The fraction of sp³-hybridized carbons (Fsp3) is 0.222. The van der Waals surface area contributed by atoms with E-state index in [2.05, 4.69) is 4.90 Å². The fourth-order valence-electron chi connectivity index (χ4n) is 4.44. The van der Waals surface area contributed by atoms with Crippen molar-refractivity contribution in [1.82, 2.24) is 0 Å². The Labute approximate surface area is 181 Å². The van der Waals surface area contributed by atoms with Gasteiger partial charge in [0.05, 0.1) is 18.1 Å². The molecule has 0 aliphatic carbocycles. The molecule has 31 heavy (non-hydrogen) atoms. The number of hydrogen-bond donors (Lipinski definition) is 0. The van der Waals surface area contributed by atoms with Crippen LogP contribution < -0.4 is 15.1 Å². The summed E-state index contributed by atoms with van der Waals surface area (Å²) >= 11 is 0. The summed E-state index contributed by atoms with van der Waals surface area (Å²) in [6.07, 6.45) is 3.45. The maximum Gasteiger partial charge on any atom is 0.200 e. The van der Waals surface area contributed by atoms with Gasteiger partial charge in [0.2, 0.25) is 0 Å². The highest BCUT2D eigenvalue weighted by Crippen LogP contribution is 2.44. The van der Waals surface area contributed by atoms with Gasteiger partial charge in [0.1, 0.15) is 5.75 Å². The fourth-order valence-corrected chi connectivity index (χ4v) is 4.44. The van der Waals surface area contributed by atoms with E-state index in [9.17, 15) is 4.79 Å². The van der Waals surface area contributed by atoms with Gasteiger partial charge in [0.25, 0.3) is 0 Å². The molecule has 2 heterocycles. The van der Waals surface area contributed by atoms with Crippen molar-refractivity contribution in [3.8, 4) is 28.0 Å². The predicted octanol–water partition coefficient (Wildman–Crippen LogP) is 6.13. The van der Waals surface area contributed by atoms with Gasteiger partial charge in [-0.25, -0.2) is 0 Å². The molecule has 0 N–H and O–H groups in total. The van der Waals surface area contributed by atoms with Gasteiger partial charge in [-0.3, -0.25) is 4.79 Å². The van der Waals surface area contributed by atoms with Crippen LogP contribution in [0.2, 0.25) is 0 Å². The molecule has 4 aromatic rings. The zero-order chi connectivity index (χ0) is 21.2. The van der Waals surface area contributed by atoms with Crippen LogP contribution in [0.5, 0.6) is 5.75 Å². The summed E-state index contributed by atoms with van der Waals surface area (Å²) in [5, 5.41) is 0.569. The number of ether oxygens (including phenoxy) is 1. The molecule has 0 bridgehead atoms. The second-order valence-corrected chi connectivity index (χ2v) is 7.94. The number of anilines is 1. The quantitative estimate of drug-likeness (QED) is 0.405. The molecule has 0 unspecified atom stereocenters. The molecule has 1 aliphatic heterocycles. The second kappa shape index (κ2) is 8.31. The summed E-state index contributed by atoms with van der Waals surface area (Å²) < 4.78 is 12.4. The van der Waals surface area contributed by atoms with Crippen molar-refractivity contribution in [3.05, 3.63) is 83.0 Å². The number of nitrogens with zero attached hydrogens (tertiary/aromatic N) is 1. The molecule has 1 saturated heterocycles. The van der Waals surface area contributed by atoms with Crippen LogP contribution >= 0.6 is 0 Å². The van der Waals surface area contributed by atoms with Gasteiger partial charge >= 0.3 is 0 Å². The summed E-state index contributed by atoms with van der Waals surface area (Å²) in [7, 11) is 1.67. The Morgan fingerprint density at radius 3 is 2.13 bits per heavy atom. The van der Waals surface area contributed by atoms with Crippen molar-refractivity contribution in [2.45, 2.75) is 19.3 Å². The molecule has 4 heteroatoms. The van der Waals surface area contributed by atoms with E-state index in [1.54, 1.807) is 13.2 Å². The van der Waals surface area contributed by atoms with Crippen LogP contribution in [0.4, 0.5) is 5.88 Å². The van der Waals surface area contributed by atoms with Crippen LogP contribution in [0.25, 0.3) is 33.2 Å². The highest BCUT2D eigenvalue weighted by atomic mass is 16.5. The summed E-state index contributed by atoms with van der Waals surface area (Å²) in [5.74, 6) is 1.35. The molecule has 0 radical (unpaired) electrons. The Kier molecular flexibility index (Phi) is 5.21. The molecule has 5 rings (SSSR count). The molecule has 0 saturated carbocycles. The van der Waals surface area contributed by atoms with Gasteiger partial charge in [-0.15, -0.1) is 0 Å². The zero-order valence-electron chi connectivity index (χ0n) is 17.6. The minimum atomic E-state index is -0.0289. The topological polar surface area (TPSA) is 42.7 Å². The van der Waals surface area contributed by atoms with E-state index in [1.165, 1.54) is 6.42 Å². The van der Waals surface area contributed by atoms with E-state index >= 15 is 0 Å². The van der Waals surface area contributed by atoms with E-state index in [0.29, 0.717) is 22.6 Å². The lowest BCUT2D eigenvalue weighted by Gasteiger charge is -2.27. The zero-order valence-corrected chi connectivity index (χ0v) is 17.6. The van der Waals surface area contributed by atoms with Gasteiger partial charge < -0.3 is 14.1 Å². The van der Waals surface area contributed by atoms with Crippen molar-refractivity contribution >= 4 is 16.9 Å². The average molecular weight is 412 g/mol. The van der Waals surface area contributed by atoms with E-state index in [4.69, 9.17) is 9.15 Å². The summed E-state index contributed by atoms with van der Waals surface area (Å²) in [6.45, 7) is 1.82. The van der Waals surface area contributed by atoms with Crippen molar-refractivity contribution in [2.75, 3.05) is 25.1 Å². The maximum absolute atomic E-state index is 13.3. The number of benzene rings is 3. The molecule has 3 aromatic carbocycles. The first-order valence-corrected chi connectivity index (χ1v) is 10.8. The lowest BCUT2D eigenvalue weighted by molar-refractivity contribution is 0.417. The van der Waals surface area contributed by atoms with Crippen molar-refractivity contribution in [2.24, 2.45) is 0 Å². The molecule has 0 amide bonds. The summed E-state index contributed by atoms with van der Waals surface area (Å²) in [4.78, 5) is 15.5. The van der Waals surface area contributed by atoms with Crippen LogP contribution in [-0.2, 0) is 0 Å². The van der Waals surface area contributed by atoms with Crippen LogP contribution in [0.1, 0.15) is 19.3 Å². The first-order valence-electron chi connectivity index (χ1n) is 10.8. The molecule has 156 valence electrons. The van der Waals surface area contributed by atoms with E-state index in [0.717, 1.165) is 48.2 Å². The highest BCUT2D eigenvalue weighted by Gasteiger charge is 2.23. The second-order valence-electron chi connectivity index (χ2n) is 7.94. The molecule has 1 fully saturated rings. The third-order valence-corrected chi connectivity index (χ3v) is 5.98. The predicted molar refractivity (Wildman–Crippen MR) is 126 cm³/mol. The van der Waals surface area contributed by atoms with Gasteiger partial charge in [0.15, 0.2) is 16.9 Å². The van der Waals surface area contributed by atoms with Crippen molar-refractivity contribution in [1.29, 1.82) is 0 Å². The highest BCUT2D eigenvalue weighted by molar-refractivity contribution is 6.01. The van der Waals surface area contributed by atoms with E-state index in [1.807, 2.05) is 66.7 Å². The lowest BCUT2D eigenvalue weighted by Crippen LogP contribution is -2.30. The molecule has 1 aliphatic rings. The lowest BCUT2D eigenvalue weighted by atomic mass is 9.94. The number of fused-ring (bicyclic) bond motifs is 1. The average Bonchev–Trinajstić information content (AvgIpc) is 2.84. The molecule has 4 nitrogen and oxygen atoms in total. The third-order valence-electron chi connectivity index (χ3n) is 5.98. The Morgan fingerprint density at radius 2 is 1.48 bits per heavy atom. The van der Waals surface area contributed by atoms with Gasteiger partial charge in [-0.2, -0.15) is 0 Å². The molecule has 1 aromatic heterocycles. The number of methoxy groups -OCH3 is 1. The van der Waals surface area contributed by atoms with Crippen molar-refractivity contribution in [3.63, 3.8) is 0 Å². The normalized spacial score (nSPS) is 14.0. The number of rotatable bonds is 4. The Bertz CT molecular complexity index is 1260. The minimum Gasteiger partial charge on any atom is -0.495 e. The Hall–Kier alpha value is -3.53. The number of hydrogen-bond acceptors (Lipinski definition) is 4. The Balaban J connectivity index is 1.84. The summed E-state index contributed by atoms with van der Waals surface area (Å²) in [6, 6.07) is 23.6. The minimum absolute atomic E-state index is 0.0289. The molecular weight excluding hydrogens is 386 g/mol. The van der Waals surface area contributed by atoms with Gasteiger partial charge in [-0.05, 0) is 36.5 Å². The van der Waals surface area contributed by atoms with Gasteiger partial charge in [-0.1, -0.05) is 60.7 Å². The standard InChI is InChI=1S/C27H25NO3/c1-30-26-21(19-11-5-2-6-12-19)17-22-23(29)18-24(28-15-9-4-10-16-28)31-27(22)25(26)20-13-7-3-8-14-20/h2-3,5-8,11-14,17-18H,4,9-10,15-16H2,1H3. The van der Waals surface area contributed by atoms with Crippen LogP contribution in [0, 0.1) is 0 Å². The largest absolute Gasteiger partial charge is 0.495 e. The monoisotopic (exact) mass is 411 g/mol. The van der Waals surface area contributed by atoms with E-state index < -0.39 is 0 Å². The van der Waals surface area contributed by atoms with Crippen LogP contribution in [-0.4, -0.2) is 20.2 Å². The molecule has 0 atom stereocenters. The maximum atomic E-state index is 13.3.